The third-order valence-corrected chi connectivity index (χ3v) is 4.35. The molecule has 2 rings (SSSR count). The molecule has 0 saturated carbocycles. The minimum Gasteiger partial charge on any atom is -0.349 e. The van der Waals surface area contributed by atoms with E-state index in [2.05, 4.69) is 45.1 Å². The van der Waals surface area contributed by atoms with Gasteiger partial charge in [0.25, 0.3) is 5.91 Å². The van der Waals surface area contributed by atoms with Crippen molar-refractivity contribution in [3.63, 3.8) is 0 Å². The first-order valence-electron chi connectivity index (χ1n) is 7.04. The molecule has 2 heterocycles. The monoisotopic (exact) mass is 342 g/mol. The lowest BCUT2D eigenvalue weighted by Crippen LogP contribution is -2.54. The number of carbonyl (C=O) groups excluding carboxylic acids is 1. The minimum atomic E-state index is -0.000762. The molecule has 1 unspecified atom stereocenters. The van der Waals surface area contributed by atoms with E-state index < -0.39 is 0 Å². The second-order valence-electron chi connectivity index (χ2n) is 5.44. The van der Waals surface area contributed by atoms with Crippen LogP contribution in [0.5, 0.6) is 0 Å². The molecule has 6 heteroatoms. The molecule has 1 aliphatic heterocycles. The SMILES string of the molecule is CCn1cc(Br)cc1C(=O)NCC1CN(C)CCN1C. The lowest BCUT2D eigenvalue weighted by Gasteiger charge is -2.37. The highest BCUT2D eigenvalue weighted by Crippen LogP contribution is 2.15. The van der Waals surface area contributed by atoms with Crippen LogP contribution < -0.4 is 5.32 Å². The van der Waals surface area contributed by atoms with Gasteiger partial charge < -0.3 is 14.8 Å². The third kappa shape index (κ3) is 3.62. The average Bonchev–Trinajstić information content (AvgIpc) is 2.80. The number of piperazine rings is 1. The van der Waals surface area contributed by atoms with E-state index >= 15 is 0 Å². The molecule has 112 valence electrons. The van der Waals surface area contributed by atoms with Crippen molar-refractivity contribution in [2.75, 3.05) is 40.3 Å². The van der Waals surface area contributed by atoms with E-state index in [0.717, 1.165) is 30.7 Å². The van der Waals surface area contributed by atoms with Crippen molar-refractivity contribution < 1.29 is 4.79 Å². The maximum atomic E-state index is 12.3. The fourth-order valence-electron chi connectivity index (χ4n) is 2.55. The number of rotatable bonds is 4. The van der Waals surface area contributed by atoms with Gasteiger partial charge in [0, 0.05) is 49.4 Å². The van der Waals surface area contributed by atoms with Crippen LogP contribution in [-0.2, 0) is 6.54 Å². The molecule has 0 bridgehead atoms. The van der Waals surface area contributed by atoms with Crippen molar-refractivity contribution in [1.82, 2.24) is 19.7 Å². The number of nitrogens with zero attached hydrogens (tertiary/aromatic N) is 3. The van der Waals surface area contributed by atoms with Crippen molar-refractivity contribution in [3.05, 3.63) is 22.4 Å². The summed E-state index contributed by atoms with van der Waals surface area (Å²) >= 11 is 3.42. The molecule has 1 atom stereocenters. The van der Waals surface area contributed by atoms with E-state index in [1.54, 1.807) is 0 Å². The number of hydrogen-bond donors (Lipinski definition) is 1. The quantitative estimate of drug-likeness (QED) is 0.895. The van der Waals surface area contributed by atoms with Crippen molar-refractivity contribution >= 4 is 21.8 Å². The Bertz CT molecular complexity index is 474. The molecular formula is C14H23BrN4O. The molecule has 1 fully saturated rings. The maximum Gasteiger partial charge on any atom is 0.268 e. The molecule has 5 nitrogen and oxygen atoms in total. The van der Waals surface area contributed by atoms with Crippen LogP contribution in [0.1, 0.15) is 17.4 Å². The van der Waals surface area contributed by atoms with Crippen molar-refractivity contribution in [3.8, 4) is 0 Å². The number of likely N-dealkylation sites (N-methyl/N-ethyl adjacent to an activating group) is 2. The van der Waals surface area contributed by atoms with Crippen LogP contribution in [-0.4, -0.2) is 66.6 Å². The molecule has 0 aromatic carbocycles. The number of hydrogen-bond acceptors (Lipinski definition) is 3. The van der Waals surface area contributed by atoms with Crippen LogP contribution in [0.15, 0.2) is 16.7 Å². The summed E-state index contributed by atoms with van der Waals surface area (Å²) in [6.45, 7) is 6.65. The summed E-state index contributed by atoms with van der Waals surface area (Å²) in [6, 6.07) is 2.25. The van der Waals surface area contributed by atoms with E-state index in [1.165, 1.54) is 0 Å². The second-order valence-corrected chi connectivity index (χ2v) is 6.35. The van der Waals surface area contributed by atoms with Gasteiger partial charge >= 0.3 is 0 Å². The summed E-state index contributed by atoms with van der Waals surface area (Å²) in [5, 5.41) is 3.06. The van der Waals surface area contributed by atoms with Crippen molar-refractivity contribution in [1.29, 1.82) is 0 Å². The highest BCUT2D eigenvalue weighted by atomic mass is 79.9. The van der Waals surface area contributed by atoms with Crippen LogP contribution in [0.25, 0.3) is 0 Å². The van der Waals surface area contributed by atoms with Gasteiger partial charge in [0.1, 0.15) is 5.69 Å². The summed E-state index contributed by atoms with van der Waals surface area (Å²) in [4.78, 5) is 16.9. The number of carbonyl (C=O) groups is 1. The van der Waals surface area contributed by atoms with Crippen LogP contribution in [0.3, 0.4) is 0 Å². The van der Waals surface area contributed by atoms with E-state index in [-0.39, 0.29) is 5.91 Å². The Labute approximate surface area is 129 Å². The lowest BCUT2D eigenvalue weighted by atomic mass is 10.2. The molecular weight excluding hydrogens is 320 g/mol. The maximum absolute atomic E-state index is 12.3. The highest BCUT2D eigenvalue weighted by Gasteiger charge is 2.23. The molecule has 1 N–H and O–H groups in total. The Kier molecular flexibility index (Phi) is 5.23. The summed E-state index contributed by atoms with van der Waals surface area (Å²) < 4.78 is 2.90. The van der Waals surface area contributed by atoms with Crippen LogP contribution >= 0.6 is 15.9 Å². The highest BCUT2D eigenvalue weighted by molar-refractivity contribution is 9.10. The van der Waals surface area contributed by atoms with Crippen molar-refractivity contribution in [2.45, 2.75) is 19.5 Å². The van der Waals surface area contributed by atoms with Gasteiger partial charge in [0.15, 0.2) is 0 Å². The van der Waals surface area contributed by atoms with Gasteiger partial charge in [-0.15, -0.1) is 0 Å². The zero-order chi connectivity index (χ0) is 14.7. The minimum absolute atomic E-state index is 0.000762. The van der Waals surface area contributed by atoms with Gasteiger partial charge in [-0.1, -0.05) is 0 Å². The Balaban J connectivity index is 1.94. The third-order valence-electron chi connectivity index (χ3n) is 3.91. The Hall–Kier alpha value is -0.850. The standard InChI is InChI=1S/C14H23BrN4O/c1-4-19-9-11(15)7-13(19)14(20)16-8-12-10-17(2)5-6-18(12)3/h7,9,12H,4-6,8,10H2,1-3H3,(H,16,20). The molecule has 20 heavy (non-hydrogen) atoms. The van der Waals surface area contributed by atoms with Crippen molar-refractivity contribution in [2.24, 2.45) is 0 Å². The Morgan fingerprint density at radius 1 is 1.45 bits per heavy atom. The number of halogens is 1. The molecule has 1 aromatic heterocycles. The first-order valence-corrected chi connectivity index (χ1v) is 7.83. The normalized spacial score (nSPS) is 21.1. The fraction of sp³-hybridized carbons (Fsp3) is 0.643. The number of aromatic nitrogens is 1. The average molecular weight is 343 g/mol. The topological polar surface area (TPSA) is 40.5 Å². The molecule has 0 spiro atoms. The molecule has 0 radical (unpaired) electrons. The predicted molar refractivity (Wildman–Crippen MR) is 84.1 cm³/mol. The molecule has 1 aromatic rings. The zero-order valence-electron chi connectivity index (χ0n) is 12.4. The fourth-order valence-corrected chi connectivity index (χ4v) is 3.01. The number of amides is 1. The van der Waals surface area contributed by atoms with Crippen LogP contribution in [0.4, 0.5) is 0 Å². The molecule has 0 aliphatic carbocycles. The second kappa shape index (κ2) is 6.74. The zero-order valence-corrected chi connectivity index (χ0v) is 14.0. The number of nitrogens with one attached hydrogen (secondary N) is 1. The molecule has 1 saturated heterocycles. The van der Waals surface area contributed by atoms with Gasteiger partial charge in [-0.3, -0.25) is 9.69 Å². The van der Waals surface area contributed by atoms with Gasteiger partial charge in [-0.2, -0.15) is 0 Å². The largest absolute Gasteiger partial charge is 0.349 e. The summed E-state index contributed by atoms with van der Waals surface area (Å²) in [5.41, 5.74) is 0.714. The summed E-state index contributed by atoms with van der Waals surface area (Å²) in [6.07, 6.45) is 1.94. The molecule has 1 amide bonds. The van der Waals surface area contributed by atoms with Gasteiger partial charge in [0.05, 0.1) is 0 Å². The predicted octanol–water partition coefficient (Wildman–Crippen LogP) is 1.25. The van der Waals surface area contributed by atoms with E-state index in [1.807, 2.05) is 23.8 Å². The molecule has 1 aliphatic rings. The van der Waals surface area contributed by atoms with Crippen LogP contribution in [0.2, 0.25) is 0 Å². The van der Waals surface area contributed by atoms with Gasteiger partial charge in [0.2, 0.25) is 0 Å². The first-order chi connectivity index (χ1) is 9.51. The summed E-state index contributed by atoms with van der Waals surface area (Å²) in [5.74, 6) is -0.000762. The Morgan fingerprint density at radius 3 is 2.90 bits per heavy atom. The van der Waals surface area contributed by atoms with Gasteiger partial charge in [-0.25, -0.2) is 0 Å². The first kappa shape index (κ1) is 15.5. The van der Waals surface area contributed by atoms with E-state index in [0.29, 0.717) is 18.3 Å². The lowest BCUT2D eigenvalue weighted by molar-refractivity contribution is 0.0873. The summed E-state index contributed by atoms with van der Waals surface area (Å²) in [7, 11) is 4.25. The van der Waals surface area contributed by atoms with E-state index in [9.17, 15) is 4.79 Å². The Morgan fingerprint density at radius 2 is 2.20 bits per heavy atom. The number of aryl methyl sites for hydroxylation is 1. The smallest absolute Gasteiger partial charge is 0.268 e. The van der Waals surface area contributed by atoms with E-state index in [4.69, 9.17) is 0 Å². The van der Waals surface area contributed by atoms with Crippen LogP contribution in [0, 0.1) is 0 Å². The van der Waals surface area contributed by atoms with Gasteiger partial charge in [-0.05, 0) is 43.0 Å².